The van der Waals surface area contributed by atoms with Gasteiger partial charge >= 0.3 is 11.9 Å². The molecule has 1 atom stereocenters. The summed E-state index contributed by atoms with van der Waals surface area (Å²) < 4.78 is 5.81. The minimum atomic E-state index is -1.04. The highest BCUT2D eigenvalue weighted by Gasteiger charge is 2.11. The number of rotatable bonds is 31. The highest BCUT2D eigenvalue weighted by atomic mass is 16.5. The number of amides is 1. The molecule has 6 nitrogen and oxygen atoms in total. The van der Waals surface area contributed by atoms with Crippen LogP contribution in [0.1, 0.15) is 136 Å². The van der Waals surface area contributed by atoms with E-state index in [2.05, 4.69) is 104 Å². The number of carbonyl (C=O) groups is 3. The molecule has 0 aromatic heterocycles. The second-order valence-corrected chi connectivity index (χ2v) is 11.7. The van der Waals surface area contributed by atoms with Gasteiger partial charge in [0.15, 0.2) is 0 Å². The van der Waals surface area contributed by atoms with Crippen LogP contribution in [0.25, 0.3) is 0 Å². The normalized spacial score (nSPS) is 13.2. The minimum Gasteiger partial charge on any atom is -0.480 e. The number of allylic oxidation sites excluding steroid dienone is 15. The molecule has 48 heavy (non-hydrogen) atoms. The molecule has 268 valence electrons. The first-order chi connectivity index (χ1) is 23.5. The maximum atomic E-state index is 12.6. The molecule has 0 saturated carbocycles. The molecule has 1 amide bonds. The smallest absolute Gasteiger partial charge is 0.322 e. The van der Waals surface area contributed by atoms with Crippen LogP contribution in [0, 0.1) is 0 Å². The number of ether oxygens (including phenoxy) is 1. The largest absolute Gasteiger partial charge is 0.480 e. The van der Waals surface area contributed by atoms with Gasteiger partial charge < -0.3 is 15.2 Å². The van der Waals surface area contributed by atoms with Crippen molar-refractivity contribution >= 4 is 17.8 Å². The molecular weight excluding hydrogens is 598 g/mol. The Labute approximate surface area is 292 Å². The van der Waals surface area contributed by atoms with Gasteiger partial charge in [-0.3, -0.25) is 14.4 Å². The number of aliphatic carboxylic acids is 1. The lowest BCUT2D eigenvalue weighted by atomic mass is 10.1. The zero-order chi connectivity index (χ0) is 35.2. The first-order valence-corrected chi connectivity index (χ1v) is 18.4. The lowest BCUT2D eigenvalue weighted by Gasteiger charge is -2.14. The Morgan fingerprint density at radius 1 is 0.583 bits per heavy atom. The number of carboxylic acids is 1. The van der Waals surface area contributed by atoms with E-state index < -0.39 is 5.97 Å². The molecule has 2 N–H and O–H groups in total. The quantitative estimate of drug-likeness (QED) is 0.0437. The molecule has 0 aliphatic rings. The average molecular weight is 664 g/mol. The molecule has 0 aliphatic carbocycles. The van der Waals surface area contributed by atoms with Gasteiger partial charge in [0, 0.05) is 12.8 Å². The predicted molar refractivity (Wildman–Crippen MR) is 203 cm³/mol. The van der Waals surface area contributed by atoms with E-state index in [1.807, 2.05) is 12.2 Å². The summed E-state index contributed by atoms with van der Waals surface area (Å²) in [4.78, 5) is 34.8. The lowest BCUT2D eigenvalue weighted by Crippen LogP contribution is -2.28. The summed E-state index contributed by atoms with van der Waals surface area (Å²) in [7, 11) is 0. The number of carboxylic acid groups (broad SMARTS) is 1. The first-order valence-electron chi connectivity index (χ1n) is 18.4. The predicted octanol–water partition coefficient (Wildman–Crippen LogP) is 11.0. The molecule has 0 radical (unpaired) electrons. The number of esters is 1. The average Bonchev–Trinajstić information content (AvgIpc) is 3.07. The number of unbranched alkanes of at least 4 members (excludes halogenated alkanes) is 6. The summed E-state index contributed by atoms with van der Waals surface area (Å²) >= 11 is 0. The van der Waals surface area contributed by atoms with E-state index in [9.17, 15) is 14.4 Å². The Bertz CT molecular complexity index is 1040. The summed E-state index contributed by atoms with van der Waals surface area (Å²) in [6.07, 6.45) is 51.1. The van der Waals surface area contributed by atoms with E-state index in [4.69, 9.17) is 9.84 Å². The van der Waals surface area contributed by atoms with Crippen LogP contribution in [0.4, 0.5) is 0 Å². The molecule has 0 spiro atoms. The number of nitrogens with one attached hydrogen (secondary N) is 1. The van der Waals surface area contributed by atoms with Gasteiger partial charge in [-0.25, -0.2) is 0 Å². The number of carbonyl (C=O) groups excluding carboxylic acids is 2. The van der Waals surface area contributed by atoms with Gasteiger partial charge in [0.05, 0.1) is 0 Å². The monoisotopic (exact) mass is 663 g/mol. The lowest BCUT2D eigenvalue weighted by molar-refractivity contribution is -0.147. The first kappa shape index (κ1) is 44.3. The zero-order valence-electron chi connectivity index (χ0n) is 30.0. The van der Waals surface area contributed by atoms with Crippen molar-refractivity contribution in [2.75, 3.05) is 6.54 Å². The van der Waals surface area contributed by atoms with Crippen molar-refractivity contribution in [2.45, 2.75) is 142 Å². The molecular formula is C42H65NO5. The van der Waals surface area contributed by atoms with Crippen LogP contribution in [-0.4, -0.2) is 35.6 Å². The van der Waals surface area contributed by atoms with Crippen molar-refractivity contribution < 1.29 is 24.2 Å². The number of hydrogen-bond acceptors (Lipinski definition) is 4. The Balaban J connectivity index is 4.35. The third kappa shape index (κ3) is 35.2. The molecule has 0 heterocycles. The van der Waals surface area contributed by atoms with E-state index >= 15 is 0 Å². The minimum absolute atomic E-state index is 0.186. The molecule has 6 heteroatoms. The highest BCUT2D eigenvalue weighted by molar-refractivity contribution is 5.80. The van der Waals surface area contributed by atoms with Crippen LogP contribution in [0.3, 0.4) is 0 Å². The van der Waals surface area contributed by atoms with E-state index in [-0.39, 0.29) is 24.5 Å². The maximum Gasteiger partial charge on any atom is 0.322 e. The van der Waals surface area contributed by atoms with Gasteiger partial charge in [-0.15, -0.1) is 0 Å². The van der Waals surface area contributed by atoms with Crippen molar-refractivity contribution in [1.82, 2.24) is 5.32 Å². The SMILES string of the molecule is CC/C=C\C/C=C\C/C=C\C/C=C\C/C=C\C/C=C\CCC(=O)OC(/C=C\C/C=C\CCCCC)CCCCCCC(=O)NCC(=O)O. The van der Waals surface area contributed by atoms with Crippen molar-refractivity contribution in [3.05, 3.63) is 97.2 Å². The molecule has 0 aromatic rings. The Kier molecular flexibility index (Phi) is 33.4. The van der Waals surface area contributed by atoms with Gasteiger partial charge in [-0.05, 0) is 89.5 Å². The Morgan fingerprint density at radius 3 is 1.67 bits per heavy atom. The van der Waals surface area contributed by atoms with Crippen LogP contribution < -0.4 is 5.32 Å². The van der Waals surface area contributed by atoms with Crippen LogP contribution >= 0.6 is 0 Å². The van der Waals surface area contributed by atoms with Crippen LogP contribution in [0.2, 0.25) is 0 Å². The Morgan fingerprint density at radius 2 is 1.10 bits per heavy atom. The zero-order valence-corrected chi connectivity index (χ0v) is 30.0. The van der Waals surface area contributed by atoms with E-state index in [0.29, 0.717) is 25.7 Å². The topological polar surface area (TPSA) is 92.7 Å². The van der Waals surface area contributed by atoms with Gasteiger partial charge in [-0.1, -0.05) is 131 Å². The van der Waals surface area contributed by atoms with Crippen molar-refractivity contribution in [2.24, 2.45) is 0 Å². The van der Waals surface area contributed by atoms with E-state index in [0.717, 1.165) is 77.0 Å². The van der Waals surface area contributed by atoms with Gasteiger partial charge in [-0.2, -0.15) is 0 Å². The summed E-state index contributed by atoms with van der Waals surface area (Å²) in [5, 5.41) is 11.0. The van der Waals surface area contributed by atoms with Gasteiger partial charge in [0.2, 0.25) is 5.91 Å². The molecule has 1 unspecified atom stereocenters. The van der Waals surface area contributed by atoms with E-state index in [1.165, 1.54) is 19.3 Å². The third-order valence-corrected chi connectivity index (χ3v) is 7.24. The second kappa shape index (κ2) is 36.2. The summed E-state index contributed by atoms with van der Waals surface area (Å²) in [5.41, 5.74) is 0. The van der Waals surface area contributed by atoms with Crippen LogP contribution in [0.15, 0.2) is 97.2 Å². The van der Waals surface area contributed by atoms with Gasteiger partial charge in [0.25, 0.3) is 0 Å². The van der Waals surface area contributed by atoms with Crippen LogP contribution in [-0.2, 0) is 19.1 Å². The van der Waals surface area contributed by atoms with Gasteiger partial charge in [0.1, 0.15) is 12.6 Å². The molecule has 0 rings (SSSR count). The maximum absolute atomic E-state index is 12.6. The molecule has 0 fully saturated rings. The fourth-order valence-corrected chi connectivity index (χ4v) is 4.55. The molecule has 0 aromatic carbocycles. The molecule has 0 bridgehead atoms. The fraction of sp³-hybridized carbons (Fsp3) is 0.548. The standard InChI is InChI=1S/C42H65NO5/c1-3-5-7-9-11-13-14-15-16-17-18-19-20-21-22-23-25-27-33-37-42(47)48-39(34-30-26-24-12-10-8-6-4-2)35-31-28-29-32-36-40(44)43-38-41(45)46/h5,7,11-13,15-16,18-19,21-22,24-25,27,30,34,39H,3-4,6,8-10,14,17,20,23,26,28-29,31-33,35-38H2,1-2H3,(H,43,44)(H,45,46)/b7-5-,13-11-,16-15-,19-18-,22-21-,24-12-,27-25-,34-30-. The van der Waals surface area contributed by atoms with Crippen molar-refractivity contribution in [3.8, 4) is 0 Å². The summed E-state index contributed by atoms with van der Waals surface area (Å²) in [5.74, 6) is -1.46. The van der Waals surface area contributed by atoms with E-state index in [1.54, 1.807) is 0 Å². The molecule has 0 aliphatic heterocycles. The number of hydrogen-bond donors (Lipinski definition) is 2. The van der Waals surface area contributed by atoms with Crippen molar-refractivity contribution in [1.29, 1.82) is 0 Å². The van der Waals surface area contributed by atoms with Crippen molar-refractivity contribution in [3.63, 3.8) is 0 Å². The molecule has 0 saturated heterocycles. The summed E-state index contributed by atoms with van der Waals surface area (Å²) in [6.45, 7) is 4.01. The fourth-order valence-electron chi connectivity index (χ4n) is 4.55. The summed E-state index contributed by atoms with van der Waals surface area (Å²) in [6, 6.07) is 0. The van der Waals surface area contributed by atoms with Crippen LogP contribution in [0.5, 0.6) is 0 Å². The Hall–Kier alpha value is -3.67. The third-order valence-electron chi connectivity index (χ3n) is 7.24. The highest BCUT2D eigenvalue weighted by Crippen LogP contribution is 2.13. The second-order valence-electron chi connectivity index (χ2n) is 11.7.